The maximum absolute atomic E-state index is 8.63. The molecule has 0 atom stereocenters. The van der Waals surface area contributed by atoms with E-state index in [2.05, 4.69) is 13.0 Å². The molecular formula is C10H12N2. The fourth-order valence-corrected chi connectivity index (χ4v) is 1.16. The third-order valence-electron chi connectivity index (χ3n) is 1.79. The molecule has 0 aliphatic carbocycles. The van der Waals surface area contributed by atoms with Crippen LogP contribution < -0.4 is 5.73 Å². The van der Waals surface area contributed by atoms with E-state index in [1.807, 2.05) is 6.07 Å². The first-order chi connectivity index (χ1) is 5.77. The lowest BCUT2D eigenvalue weighted by molar-refractivity contribution is 0.924. The van der Waals surface area contributed by atoms with Gasteiger partial charge in [0.2, 0.25) is 0 Å². The van der Waals surface area contributed by atoms with E-state index in [0.29, 0.717) is 5.56 Å². The second-order valence-corrected chi connectivity index (χ2v) is 2.78. The monoisotopic (exact) mass is 160 g/mol. The molecule has 0 saturated carbocycles. The van der Waals surface area contributed by atoms with Crippen molar-refractivity contribution in [1.82, 2.24) is 0 Å². The molecule has 1 aromatic rings. The van der Waals surface area contributed by atoms with E-state index < -0.39 is 0 Å². The van der Waals surface area contributed by atoms with Crippen molar-refractivity contribution >= 4 is 5.69 Å². The average molecular weight is 160 g/mol. The number of rotatable bonds is 2. The van der Waals surface area contributed by atoms with Crippen molar-refractivity contribution in [2.45, 2.75) is 19.8 Å². The average Bonchev–Trinajstić information content (AvgIpc) is 2.09. The predicted molar refractivity (Wildman–Crippen MR) is 49.6 cm³/mol. The van der Waals surface area contributed by atoms with Crippen molar-refractivity contribution in [1.29, 1.82) is 5.26 Å². The van der Waals surface area contributed by atoms with E-state index >= 15 is 0 Å². The summed E-state index contributed by atoms with van der Waals surface area (Å²) in [5.74, 6) is 0. The summed E-state index contributed by atoms with van der Waals surface area (Å²) < 4.78 is 0. The van der Waals surface area contributed by atoms with Gasteiger partial charge in [-0.05, 0) is 30.2 Å². The quantitative estimate of drug-likeness (QED) is 0.673. The van der Waals surface area contributed by atoms with Crippen molar-refractivity contribution in [3.63, 3.8) is 0 Å². The maximum Gasteiger partial charge on any atom is 0.0991 e. The van der Waals surface area contributed by atoms with Crippen LogP contribution in [0.4, 0.5) is 5.69 Å². The number of hydrogen-bond acceptors (Lipinski definition) is 2. The first-order valence-electron chi connectivity index (χ1n) is 4.06. The summed E-state index contributed by atoms with van der Waals surface area (Å²) in [6.07, 6.45) is 2.00. The Hall–Kier alpha value is -1.49. The molecule has 12 heavy (non-hydrogen) atoms. The van der Waals surface area contributed by atoms with Crippen molar-refractivity contribution in [2.75, 3.05) is 5.73 Å². The first-order valence-corrected chi connectivity index (χ1v) is 4.06. The molecule has 1 aromatic carbocycles. The van der Waals surface area contributed by atoms with Gasteiger partial charge >= 0.3 is 0 Å². The van der Waals surface area contributed by atoms with Crippen molar-refractivity contribution in [3.8, 4) is 6.07 Å². The highest BCUT2D eigenvalue weighted by Crippen LogP contribution is 2.15. The molecule has 0 amide bonds. The van der Waals surface area contributed by atoms with Crippen LogP contribution >= 0.6 is 0 Å². The summed E-state index contributed by atoms with van der Waals surface area (Å²) in [4.78, 5) is 0. The van der Waals surface area contributed by atoms with Crippen LogP contribution in [0.1, 0.15) is 24.5 Å². The number of nitrogens with two attached hydrogens (primary N) is 1. The SMILES string of the molecule is CCCc1cc(C#N)ccc1N. The summed E-state index contributed by atoms with van der Waals surface area (Å²) in [6.45, 7) is 2.10. The van der Waals surface area contributed by atoms with E-state index in [4.69, 9.17) is 11.0 Å². The number of nitriles is 1. The Morgan fingerprint density at radius 2 is 2.25 bits per heavy atom. The van der Waals surface area contributed by atoms with E-state index in [1.54, 1.807) is 12.1 Å². The lowest BCUT2D eigenvalue weighted by Crippen LogP contribution is -1.94. The van der Waals surface area contributed by atoms with Crippen LogP contribution in [0.25, 0.3) is 0 Å². The highest BCUT2D eigenvalue weighted by Gasteiger charge is 1.98. The zero-order valence-electron chi connectivity index (χ0n) is 7.17. The second kappa shape index (κ2) is 3.77. The van der Waals surface area contributed by atoms with Gasteiger partial charge in [0.05, 0.1) is 11.6 Å². The van der Waals surface area contributed by atoms with Gasteiger partial charge in [-0.3, -0.25) is 0 Å². The molecule has 0 aliphatic heterocycles. The molecule has 0 saturated heterocycles. The minimum absolute atomic E-state index is 0.688. The third-order valence-corrected chi connectivity index (χ3v) is 1.79. The van der Waals surface area contributed by atoms with Crippen molar-refractivity contribution in [2.24, 2.45) is 0 Å². The third kappa shape index (κ3) is 1.76. The Morgan fingerprint density at radius 3 is 2.83 bits per heavy atom. The van der Waals surface area contributed by atoms with E-state index in [1.165, 1.54) is 0 Å². The topological polar surface area (TPSA) is 49.8 Å². The molecule has 0 heterocycles. The van der Waals surface area contributed by atoms with Gasteiger partial charge in [-0.25, -0.2) is 0 Å². The second-order valence-electron chi connectivity index (χ2n) is 2.78. The lowest BCUT2D eigenvalue weighted by atomic mass is 10.1. The lowest BCUT2D eigenvalue weighted by Gasteiger charge is -2.03. The van der Waals surface area contributed by atoms with Crippen LogP contribution in [-0.2, 0) is 6.42 Å². The standard InChI is InChI=1S/C10H12N2/c1-2-3-9-6-8(7-11)4-5-10(9)12/h4-6H,2-3,12H2,1H3. The van der Waals surface area contributed by atoms with Crippen LogP contribution in [0.5, 0.6) is 0 Å². The zero-order chi connectivity index (χ0) is 8.97. The van der Waals surface area contributed by atoms with Gasteiger partial charge in [-0.15, -0.1) is 0 Å². The van der Waals surface area contributed by atoms with Gasteiger partial charge in [0.1, 0.15) is 0 Å². The van der Waals surface area contributed by atoms with Gasteiger partial charge in [0.25, 0.3) is 0 Å². The molecule has 2 heteroatoms. The first kappa shape index (κ1) is 8.61. The Morgan fingerprint density at radius 1 is 1.50 bits per heavy atom. The molecule has 0 unspecified atom stereocenters. The van der Waals surface area contributed by atoms with Crippen LogP contribution in [0.3, 0.4) is 0 Å². The largest absolute Gasteiger partial charge is 0.399 e. The van der Waals surface area contributed by atoms with Gasteiger partial charge < -0.3 is 5.73 Å². The molecule has 0 fully saturated rings. The number of nitrogen functional groups attached to an aromatic ring is 1. The minimum Gasteiger partial charge on any atom is -0.399 e. The predicted octanol–water partition coefficient (Wildman–Crippen LogP) is 2.09. The van der Waals surface area contributed by atoms with Gasteiger partial charge in [-0.1, -0.05) is 13.3 Å². The number of nitrogens with zero attached hydrogens (tertiary/aromatic N) is 1. The molecule has 0 radical (unpaired) electrons. The van der Waals surface area contributed by atoms with Crippen LogP contribution in [0.2, 0.25) is 0 Å². The molecule has 0 aromatic heterocycles. The molecular weight excluding hydrogens is 148 g/mol. The highest BCUT2D eigenvalue weighted by molar-refractivity contribution is 5.51. The Balaban J connectivity index is 3.01. The minimum atomic E-state index is 0.688. The normalized spacial score (nSPS) is 9.33. The van der Waals surface area contributed by atoms with E-state index in [9.17, 15) is 0 Å². The maximum atomic E-state index is 8.63. The number of anilines is 1. The highest BCUT2D eigenvalue weighted by atomic mass is 14.6. The fourth-order valence-electron chi connectivity index (χ4n) is 1.16. The molecule has 1 rings (SSSR count). The number of benzene rings is 1. The van der Waals surface area contributed by atoms with Crippen LogP contribution in [0, 0.1) is 11.3 Å². The molecule has 2 N–H and O–H groups in total. The molecule has 62 valence electrons. The van der Waals surface area contributed by atoms with Crippen LogP contribution in [-0.4, -0.2) is 0 Å². The summed E-state index contributed by atoms with van der Waals surface area (Å²) >= 11 is 0. The summed E-state index contributed by atoms with van der Waals surface area (Å²) in [5.41, 5.74) is 8.28. The van der Waals surface area contributed by atoms with E-state index in [0.717, 1.165) is 24.1 Å². The zero-order valence-corrected chi connectivity index (χ0v) is 7.17. The fraction of sp³-hybridized carbons (Fsp3) is 0.300. The number of hydrogen-bond donors (Lipinski definition) is 1. The van der Waals surface area contributed by atoms with Gasteiger partial charge in [0, 0.05) is 5.69 Å². The summed E-state index contributed by atoms with van der Waals surface area (Å²) in [6, 6.07) is 7.50. The molecule has 0 aliphatic rings. The molecule has 0 spiro atoms. The Bertz CT molecular complexity index is 310. The Kier molecular flexibility index (Phi) is 2.71. The van der Waals surface area contributed by atoms with Crippen molar-refractivity contribution in [3.05, 3.63) is 29.3 Å². The smallest absolute Gasteiger partial charge is 0.0991 e. The van der Waals surface area contributed by atoms with Gasteiger partial charge in [0.15, 0.2) is 0 Å². The molecule has 2 nitrogen and oxygen atoms in total. The summed E-state index contributed by atoms with van der Waals surface area (Å²) in [5, 5.41) is 8.63. The summed E-state index contributed by atoms with van der Waals surface area (Å²) in [7, 11) is 0. The van der Waals surface area contributed by atoms with E-state index in [-0.39, 0.29) is 0 Å². The van der Waals surface area contributed by atoms with Crippen molar-refractivity contribution < 1.29 is 0 Å². The molecule has 0 bridgehead atoms. The Labute approximate surface area is 72.6 Å². The van der Waals surface area contributed by atoms with Gasteiger partial charge in [-0.2, -0.15) is 5.26 Å². The number of aryl methyl sites for hydroxylation is 1. The van der Waals surface area contributed by atoms with Crippen LogP contribution in [0.15, 0.2) is 18.2 Å².